The van der Waals surface area contributed by atoms with Crippen LogP contribution in [0.5, 0.6) is 5.75 Å². The van der Waals surface area contributed by atoms with Gasteiger partial charge in [-0.05, 0) is 0 Å². The molecule has 114 valence electrons. The van der Waals surface area contributed by atoms with E-state index >= 15 is 0 Å². The van der Waals surface area contributed by atoms with Gasteiger partial charge in [-0.2, -0.15) is 0 Å². The van der Waals surface area contributed by atoms with Gasteiger partial charge in [0.05, 0.1) is 0 Å². The fourth-order valence-corrected chi connectivity index (χ4v) is 11.1. The van der Waals surface area contributed by atoms with Crippen LogP contribution in [0.15, 0.2) is 12.4 Å². The molecule has 0 aliphatic heterocycles. The van der Waals surface area contributed by atoms with E-state index in [0.29, 0.717) is 5.75 Å². The van der Waals surface area contributed by atoms with Gasteiger partial charge in [0.2, 0.25) is 0 Å². The van der Waals surface area contributed by atoms with Gasteiger partial charge in [0.15, 0.2) is 0 Å². The summed E-state index contributed by atoms with van der Waals surface area (Å²) < 4.78 is 32.6. The summed E-state index contributed by atoms with van der Waals surface area (Å²) in [6.07, 6.45) is 5.54. The summed E-state index contributed by atoms with van der Waals surface area (Å²) >= 11 is -1.87. The van der Waals surface area contributed by atoms with Crippen LogP contribution in [0.2, 0.25) is 8.87 Å². The molecule has 20 heavy (non-hydrogen) atoms. The molecule has 0 atom stereocenters. The molecule has 0 aliphatic carbocycles. The van der Waals surface area contributed by atoms with Crippen LogP contribution in [0.1, 0.15) is 39.5 Å². The molecule has 0 saturated heterocycles. The van der Waals surface area contributed by atoms with Gasteiger partial charge in [0.25, 0.3) is 0 Å². The number of ether oxygens (including phenoxy) is 1. The standard InChI is InChI=1S/C6H5F2N2O.2C4H9.Sn.H/c7-6(8)3-11-5-1-9-4-10-2-5;2*1-3-4-2;;/h1-2,6H,3H2;2*1,3-4H2,2H3;;. The third-order valence-corrected chi connectivity index (χ3v) is 12.4. The van der Waals surface area contributed by atoms with E-state index in [1.54, 1.807) is 12.4 Å². The molecule has 0 unspecified atom stereocenters. The molecular weight excluding hydrogens is 369 g/mol. The van der Waals surface area contributed by atoms with Crippen LogP contribution < -0.4 is 8.58 Å². The van der Waals surface area contributed by atoms with Gasteiger partial charge in [-0.1, -0.05) is 0 Å². The molecular formula is C14H24F2N2OSn. The van der Waals surface area contributed by atoms with Crippen LogP contribution >= 0.6 is 0 Å². The number of hydrogen-bond donors (Lipinski definition) is 0. The molecule has 0 N–H and O–H groups in total. The molecule has 1 aromatic heterocycles. The Morgan fingerprint density at radius 1 is 1.10 bits per heavy atom. The van der Waals surface area contributed by atoms with E-state index in [1.165, 1.54) is 34.6 Å². The number of alkyl halides is 2. The first-order valence-electron chi connectivity index (χ1n) is 7.40. The Morgan fingerprint density at radius 2 is 1.65 bits per heavy atom. The van der Waals surface area contributed by atoms with E-state index in [-0.39, 0.29) is 0 Å². The molecule has 0 amide bonds. The van der Waals surface area contributed by atoms with Crippen LogP contribution in [0.25, 0.3) is 0 Å². The minimum absolute atomic E-state index is 0.338. The zero-order valence-electron chi connectivity index (χ0n) is 12.3. The van der Waals surface area contributed by atoms with Gasteiger partial charge in [0.1, 0.15) is 0 Å². The molecule has 0 radical (unpaired) electrons. The summed E-state index contributed by atoms with van der Waals surface area (Å²) in [6, 6.07) is 0. The second-order valence-electron chi connectivity index (χ2n) is 4.96. The first-order valence-corrected chi connectivity index (χ1v) is 13.7. The number of nitrogens with zero attached hydrogens (tertiary/aromatic N) is 2. The van der Waals surface area contributed by atoms with Gasteiger partial charge in [-0.15, -0.1) is 0 Å². The van der Waals surface area contributed by atoms with Crippen molar-refractivity contribution in [1.82, 2.24) is 9.97 Å². The second kappa shape index (κ2) is 10.3. The molecule has 0 bridgehead atoms. The predicted octanol–water partition coefficient (Wildman–Crippen LogP) is 3.15. The average Bonchev–Trinajstić information content (AvgIpc) is 2.46. The van der Waals surface area contributed by atoms with Crippen molar-refractivity contribution >= 4 is 23.6 Å². The van der Waals surface area contributed by atoms with Crippen LogP contribution in [-0.2, 0) is 0 Å². The Morgan fingerprint density at radius 3 is 2.10 bits per heavy atom. The Balaban J connectivity index is 2.61. The van der Waals surface area contributed by atoms with Gasteiger partial charge in [0, 0.05) is 0 Å². The maximum atomic E-state index is 12.1. The Bertz CT molecular complexity index is 355. The van der Waals surface area contributed by atoms with Crippen LogP contribution in [0.3, 0.4) is 0 Å². The summed E-state index contributed by atoms with van der Waals surface area (Å²) in [6.45, 7) is 3.80. The summed E-state index contributed by atoms with van der Waals surface area (Å²) in [4.78, 5) is 8.75. The minimum atomic E-state index is -2.46. The number of aromatic nitrogens is 2. The van der Waals surface area contributed by atoms with E-state index in [1.807, 2.05) is 0 Å². The summed E-state index contributed by atoms with van der Waals surface area (Å²) in [5.41, 5.74) is 0. The molecule has 0 fully saturated rings. The van der Waals surface area contributed by atoms with E-state index in [4.69, 9.17) is 4.74 Å². The second-order valence-corrected chi connectivity index (χ2v) is 13.7. The summed E-state index contributed by atoms with van der Waals surface area (Å²) in [5.74, 6) is 0.338. The molecule has 3 nitrogen and oxygen atoms in total. The fourth-order valence-electron chi connectivity index (χ4n) is 2.07. The quantitative estimate of drug-likeness (QED) is 0.573. The normalized spacial score (nSPS) is 11.3. The Labute approximate surface area is 126 Å². The van der Waals surface area contributed by atoms with Crippen molar-refractivity contribution in [2.75, 3.05) is 6.61 Å². The van der Waals surface area contributed by atoms with E-state index in [0.717, 1.165) is 3.84 Å². The average molecular weight is 393 g/mol. The van der Waals surface area contributed by atoms with Gasteiger partial charge in [-0.25, -0.2) is 0 Å². The van der Waals surface area contributed by atoms with Crippen molar-refractivity contribution in [3.8, 4) is 5.75 Å². The van der Waals surface area contributed by atoms with Crippen molar-refractivity contribution in [1.29, 1.82) is 0 Å². The molecule has 0 aromatic carbocycles. The van der Waals surface area contributed by atoms with Crippen LogP contribution in [0.4, 0.5) is 8.78 Å². The molecule has 1 aromatic rings. The molecule has 0 spiro atoms. The SMILES string of the molecule is CCC[CH2][SnH]([CH2]CCC)[c]1ncc(OCC(F)F)cn1. The Hall–Kier alpha value is -0.461. The van der Waals surface area contributed by atoms with Gasteiger partial charge >= 0.3 is 127 Å². The monoisotopic (exact) mass is 394 g/mol. The van der Waals surface area contributed by atoms with Crippen LogP contribution in [0, 0.1) is 0 Å². The van der Waals surface area contributed by atoms with Crippen molar-refractivity contribution in [2.45, 2.75) is 54.8 Å². The van der Waals surface area contributed by atoms with Crippen molar-refractivity contribution in [3.63, 3.8) is 0 Å². The third-order valence-electron chi connectivity index (χ3n) is 3.20. The van der Waals surface area contributed by atoms with Crippen molar-refractivity contribution in [3.05, 3.63) is 12.4 Å². The van der Waals surface area contributed by atoms with Gasteiger partial charge < -0.3 is 0 Å². The number of rotatable bonds is 10. The summed E-state index contributed by atoms with van der Waals surface area (Å²) in [5, 5.41) is 0. The first-order chi connectivity index (χ1) is 9.67. The molecule has 0 aliphatic rings. The van der Waals surface area contributed by atoms with E-state index in [9.17, 15) is 8.78 Å². The topological polar surface area (TPSA) is 35.0 Å². The Kier molecular flexibility index (Phi) is 9.05. The number of halogens is 2. The zero-order chi connectivity index (χ0) is 14.8. The van der Waals surface area contributed by atoms with E-state index < -0.39 is 32.8 Å². The van der Waals surface area contributed by atoms with Crippen molar-refractivity contribution in [2.24, 2.45) is 0 Å². The number of hydrogen-bond acceptors (Lipinski definition) is 3. The van der Waals surface area contributed by atoms with Gasteiger partial charge in [-0.3, -0.25) is 0 Å². The van der Waals surface area contributed by atoms with Crippen molar-refractivity contribution < 1.29 is 13.5 Å². The molecule has 6 heteroatoms. The molecule has 0 saturated carbocycles. The maximum absolute atomic E-state index is 12.1. The first kappa shape index (κ1) is 17.6. The van der Waals surface area contributed by atoms with Crippen LogP contribution in [-0.4, -0.2) is 42.8 Å². The van der Waals surface area contributed by atoms with E-state index in [2.05, 4.69) is 23.8 Å². The number of unbranched alkanes of at least 4 members (excludes halogenated alkanes) is 2. The molecule has 1 rings (SSSR count). The summed E-state index contributed by atoms with van der Waals surface area (Å²) in [7, 11) is 0. The third kappa shape index (κ3) is 6.81. The molecule has 1 heterocycles. The zero-order valence-corrected chi connectivity index (χ0v) is 15.6. The fraction of sp³-hybridized carbons (Fsp3) is 0.714. The predicted molar refractivity (Wildman–Crippen MR) is 79.7 cm³/mol.